The summed E-state index contributed by atoms with van der Waals surface area (Å²) < 4.78 is 5.04. The minimum atomic E-state index is -0.660. The van der Waals surface area contributed by atoms with Crippen molar-refractivity contribution < 1.29 is 9.63 Å². The van der Waals surface area contributed by atoms with E-state index in [4.69, 9.17) is 4.52 Å². The lowest BCUT2D eigenvalue weighted by Gasteiger charge is -2.26. The van der Waals surface area contributed by atoms with E-state index in [9.17, 15) is 5.11 Å². The maximum atomic E-state index is 9.35. The van der Waals surface area contributed by atoms with Gasteiger partial charge in [0, 0.05) is 5.92 Å². The van der Waals surface area contributed by atoms with E-state index in [-0.39, 0.29) is 0 Å². The Hall–Kier alpha value is -0.900. The average molecular weight is 238 g/mol. The molecule has 96 valence electrons. The Morgan fingerprint density at radius 2 is 2.06 bits per heavy atom. The van der Waals surface area contributed by atoms with E-state index in [0.29, 0.717) is 11.8 Å². The van der Waals surface area contributed by atoms with Crippen LogP contribution >= 0.6 is 0 Å². The first kappa shape index (κ1) is 12.6. The summed E-state index contributed by atoms with van der Waals surface area (Å²) in [7, 11) is 0. The number of nitrogens with zero attached hydrogens (tertiary/aromatic N) is 2. The van der Waals surface area contributed by atoms with Crippen molar-refractivity contribution >= 4 is 0 Å². The van der Waals surface area contributed by atoms with Gasteiger partial charge in [0.05, 0.1) is 0 Å². The maximum absolute atomic E-state index is 9.35. The molecule has 1 saturated carbocycles. The van der Waals surface area contributed by atoms with Crippen LogP contribution in [0.2, 0.25) is 0 Å². The molecule has 1 fully saturated rings. The van der Waals surface area contributed by atoms with Crippen molar-refractivity contribution in [2.45, 2.75) is 64.4 Å². The monoisotopic (exact) mass is 238 g/mol. The fraction of sp³-hybridized carbons (Fsp3) is 0.846. The Kier molecular flexibility index (Phi) is 4.15. The Balaban J connectivity index is 1.91. The van der Waals surface area contributed by atoms with Crippen LogP contribution in [0.15, 0.2) is 4.52 Å². The molecule has 1 aromatic rings. The van der Waals surface area contributed by atoms with Gasteiger partial charge in [-0.2, -0.15) is 4.98 Å². The predicted octanol–water partition coefficient (Wildman–Crippen LogP) is 3.20. The molecule has 0 radical (unpaired) electrons. The van der Waals surface area contributed by atoms with Crippen molar-refractivity contribution in [2.24, 2.45) is 5.92 Å². The summed E-state index contributed by atoms with van der Waals surface area (Å²) in [6, 6.07) is 0. The van der Waals surface area contributed by atoms with Crippen LogP contribution < -0.4 is 0 Å². The van der Waals surface area contributed by atoms with Gasteiger partial charge in [-0.05, 0) is 38.5 Å². The summed E-state index contributed by atoms with van der Waals surface area (Å²) in [4.78, 5) is 4.28. The van der Waals surface area contributed by atoms with Crippen LogP contribution in [0, 0.1) is 5.92 Å². The molecule has 2 rings (SSSR count). The van der Waals surface area contributed by atoms with Crippen molar-refractivity contribution in [1.29, 1.82) is 0 Å². The molecular formula is C13H22N2O2. The summed E-state index contributed by atoms with van der Waals surface area (Å²) in [6.07, 6.45) is 6.83. The molecule has 1 atom stereocenters. The van der Waals surface area contributed by atoms with Crippen LogP contribution in [0.1, 0.15) is 76.1 Å². The number of hydrogen-bond acceptors (Lipinski definition) is 4. The van der Waals surface area contributed by atoms with Gasteiger partial charge >= 0.3 is 0 Å². The lowest BCUT2D eigenvalue weighted by atomic mass is 9.80. The second-order valence-corrected chi connectivity index (χ2v) is 5.17. The van der Waals surface area contributed by atoms with E-state index < -0.39 is 6.10 Å². The van der Waals surface area contributed by atoms with Crippen LogP contribution in [-0.2, 0) is 0 Å². The topological polar surface area (TPSA) is 59.2 Å². The number of aliphatic hydroxyl groups excluding tert-OH is 1. The third-order valence-corrected chi connectivity index (χ3v) is 3.72. The van der Waals surface area contributed by atoms with E-state index in [1.54, 1.807) is 6.92 Å². The molecule has 0 unspecified atom stereocenters. The van der Waals surface area contributed by atoms with E-state index in [1.807, 2.05) is 0 Å². The number of rotatable bonds is 4. The molecule has 0 aliphatic heterocycles. The molecule has 0 amide bonds. The largest absolute Gasteiger partial charge is 0.384 e. The summed E-state index contributed by atoms with van der Waals surface area (Å²) >= 11 is 0. The summed E-state index contributed by atoms with van der Waals surface area (Å²) in [5.74, 6) is 2.45. The van der Waals surface area contributed by atoms with Crippen LogP contribution in [0.3, 0.4) is 0 Å². The van der Waals surface area contributed by atoms with Gasteiger partial charge in [0.25, 0.3) is 5.89 Å². The zero-order chi connectivity index (χ0) is 12.3. The second-order valence-electron chi connectivity index (χ2n) is 5.17. The summed E-state index contributed by atoms with van der Waals surface area (Å²) in [5, 5.41) is 13.3. The number of aliphatic hydroxyl groups is 1. The highest BCUT2D eigenvalue weighted by Crippen LogP contribution is 2.36. The van der Waals surface area contributed by atoms with Crippen LogP contribution in [0.4, 0.5) is 0 Å². The molecule has 0 bridgehead atoms. The van der Waals surface area contributed by atoms with Crippen molar-refractivity contribution in [3.8, 4) is 0 Å². The molecule has 1 heterocycles. The average Bonchev–Trinajstić information content (AvgIpc) is 2.80. The Morgan fingerprint density at radius 1 is 1.35 bits per heavy atom. The van der Waals surface area contributed by atoms with Gasteiger partial charge in [0.2, 0.25) is 0 Å². The van der Waals surface area contributed by atoms with Crippen molar-refractivity contribution in [2.75, 3.05) is 0 Å². The van der Waals surface area contributed by atoms with Crippen molar-refractivity contribution in [3.63, 3.8) is 0 Å². The summed E-state index contributed by atoms with van der Waals surface area (Å²) in [5.41, 5.74) is 0. The predicted molar refractivity (Wildman–Crippen MR) is 64.5 cm³/mol. The van der Waals surface area contributed by atoms with E-state index in [0.717, 1.165) is 24.6 Å². The first-order valence-electron chi connectivity index (χ1n) is 6.72. The molecule has 0 spiro atoms. The van der Waals surface area contributed by atoms with E-state index in [2.05, 4.69) is 17.1 Å². The van der Waals surface area contributed by atoms with Crippen LogP contribution in [0.25, 0.3) is 0 Å². The second kappa shape index (κ2) is 5.63. The molecule has 0 saturated heterocycles. The standard InChI is InChI=1S/C13H22N2O2/c1-3-4-10-5-7-11(8-6-10)12-14-13(9(2)16)17-15-12/h9-11,16H,3-8H2,1-2H3/t9-,10?,11?/m0/s1. The van der Waals surface area contributed by atoms with Gasteiger partial charge in [-0.1, -0.05) is 24.9 Å². The van der Waals surface area contributed by atoms with Crippen molar-refractivity contribution in [3.05, 3.63) is 11.7 Å². The maximum Gasteiger partial charge on any atom is 0.255 e. The first-order valence-corrected chi connectivity index (χ1v) is 6.72. The van der Waals surface area contributed by atoms with Gasteiger partial charge in [-0.15, -0.1) is 0 Å². The quantitative estimate of drug-likeness (QED) is 0.875. The van der Waals surface area contributed by atoms with Crippen LogP contribution in [-0.4, -0.2) is 15.2 Å². The third kappa shape index (κ3) is 3.06. The smallest absolute Gasteiger partial charge is 0.255 e. The highest BCUT2D eigenvalue weighted by Gasteiger charge is 2.25. The molecule has 4 heteroatoms. The van der Waals surface area contributed by atoms with E-state index in [1.165, 1.54) is 25.7 Å². The normalized spacial score (nSPS) is 27.0. The molecule has 0 aromatic carbocycles. The van der Waals surface area contributed by atoms with Crippen molar-refractivity contribution in [1.82, 2.24) is 10.1 Å². The lowest BCUT2D eigenvalue weighted by molar-refractivity contribution is 0.151. The first-order chi connectivity index (χ1) is 8.20. The molecule has 1 aliphatic carbocycles. The number of aromatic nitrogens is 2. The summed E-state index contributed by atoms with van der Waals surface area (Å²) in [6.45, 7) is 3.90. The molecule has 1 aromatic heterocycles. The molecule has 17 heavy (non-hydrogen) atoms. The van der Waals surface area contributed by atoms with Gasteiger partial charge in [-0.3, -0.25) is 0 Å². The van der Waals surface area contributed by atoms with Gasteiger partial charge in [-0.25, -0.2) is 0 Å². The third-order valence-electron chi connectivity index (χ3n) is 3.72. The fourth-order valence-electron chi connectivity index (χ4n) is 2.70. The lowest BCUT2D eigenvalue weighted by Crippen LogP contribution is -2.14. The minimum absolute atomic E-state index is 0.343. The van der Waals surface area contributed by atoms with Crippen LogP contribution in [0.5, 0.6) is 0 Å². The van der Waals surface area contributed by atoms with Gasteiger partial charge < -0.3 is 9.63 Å². The highest BCUT2D eigenvalue weighted by atomic mass is 16.5. The fourth-order valence-corrected chi connectivity index (χ4v) is 2.70. The molecular weight excluding hydrogens is 216 g/mol. The SMILES string of the molecule is CCCC1CCC(c2noc([C@H](C)O)n2)CC1. The zero-order valence-electron chi connectivity index (χ0n) is 10.7. The van der Waals surface area contributed by atoms with Gasteiger partial charge in [0.15, 0.2) is 5.82 Å². The highest BCUT2D eigenvalue weighted by molar-refractivity contribution is 4.98. The minimum Gasteiger partial charge on any atom is -0.384 e. The van der Waals surface area contributed by atoms with E-state index >= 15 is 0 Å². The molecule has 1 N–H and O–H groups in total. The number of hydrogen-bond donors (Lipinski definition) is 1. The zero-order valence-corrected chi connectivity index (χ0v) is 10.7. The molecule has 4 nitrogen and oxygen atoms in total. The Labute approximate surface area is 102 Å². The van der Waals surface area contributed by atoms with Gasteiger partial charge in [0.1, 0.15) is 6.10 Å². The Bertz CT molecular complexity index is 341. The molecule has 1 aliphatic rings. The Morgan fingerprint density at radius 3 is 2.59 bits per heavy atom.